The number of halogens is 1. The summed E-state index contributed by atoms with van der Waals surface area (Å²) in [5.41, 5.74) is 1.49. The van der Waals surface area contributed by atoms with Gasteiger partial charge in [-0.25, -0.2) is 9.69 Å². The monoisotopic (exact) mass is 502 g/mol. The molecule has 36 heavy (non-hydrogen) atoms. The van der Waals surface area contributed by atoms with Crippen LogP contribution in [0, 0.1) is 15.5 Å². The third-order valence-corrected chi connectivity index (χ3v) is 7.55. The molecule has 0 aliphatic carbocycles. The number of hydrogen-bond acceptors (Lipinski definition) is 6. The van der Waals surface area contributed by atoms with Gasteiger partial charge in [-0.1, -0.05) is 35.9 Å². The summed E-state index contributed by atoms with van der Waals surface area (Å²) in [7, 11) is 0. The van der Waals surface area contributed by atoms with Gasteiger partial charge in [-0.05, 0) is 53.4 Å². The highest BCUT2D eigenvalue weighted by Crippen LogP contribution is 2.54. The highest BCUT2D eigenvalue weighted by molar-refractivity contribution is 6.32. The van der Waals surface area contributed by atoms with Crippen molar-refractivity contribution in [2.24, 2.45) is 5.41 Å². The number of amides is 4. The number of nitrogens with zero attached hydrogens (tertiary/aromatic N) is 3. The first-order valence-corrected chi connectivity index (χ1v) is 11.8. The summed E-state index contributed by atoms with van der Waals surface area (Å²) in [6, 6.07) is 16.8. The third kappa shape index (κ3) is 3.06. The van der Waals surface area contributed by atoms with Crippen LogP contribution in [0.2, 0.25) is 5.02 Å². The molecule has 3 aromatic rings. The highest BCUT2D eigenvalue weighted by Gasteiger charge is 2.63. The van der Waals surface area contributed by atoms with Gasteiger partial charge in [0.15, 0.2) is 5.41 Å². The van der Waals surface area contributed by atoms with E-state index in [1.165, 1.54) is 24.3 Å². The molecule has 3 aromatic carbocycles. The smallest absolute Gasteiger partial charge is 0.335 e. The van der Waals surface area contributed by atoms with Crippen molar-refractivity contribution < 1.29 is 19.3 Å². The van der Waals surface area contributed by atoms with Crippen molar-refractivity contribution in [2.75, 3.05) is 16.3 Å². The van der Waals surface area contributed by atoms with Gasteiger partial charge in [0.2, 0.25) is 5.91 Å². The second-order valence-electron chi connectivity index (χ2n) is 9.14. The molecule has 0 aromatic heterocycles. The predicted octanol–water partition coefficient (Wildman–Crippen LogP) is 4.18. The summed E-state index contributed by atoms with van der Waals surface area (Å²) in [6.45, 7) is 0.504. The van der Waals surface area contributed by atoms with E-state index >= 15 is 0 Å². The van der Waals surface area contributed by atoms with Crippen molar-refractivity contribution in [3.63, 3.8) is 0 Å². The first-order chi connectivity index (χ1) is 17.3. The van der Waals surface area contributed by atoms with Gasteiger partial charge >= 0.3 is 6.03 Å². The Labute approximate surface area is 210 Å². The zero-order valence-electron chi connectivity index (χ0n) is 18.8. The molecular weight excluding hydrogens is 484 g/mol. The number of anilines is 2. The molecule has 1 spiro atoms. The van der Waals surface area contributed by atoms with Crippen LogP contribution in [0.3, 0.4) is 0 Å². The number of urea groups is 1. The molecule has 4 amide bonds. The average molecular weight is 503 g/mol. The molecule has 0 radical (unpaired) electrons. The van der Waals surface area contributed by atoms with Gasteiger partial charge in [-0.2, -0.15) is 0 Å². The van der Waals surface area contributed by atoms with Crippen LogP contribution in [0.25, 0.3) is 0 Å². The number of rotatable bonds is 2. The van der Waals surface area contributed by atoms with Crippen LogP contribution in [0.1, 0.15) is 22.7 Å². The van der Waals surface area contributed by atoms with Crippen LogP contribution in [0.5, 0.6) is 0 Å². The number of hydrogen-bond donors (Lipinski definition) is 1. The first-order valence-electron chi connectivity index (χ1n) is 11.4. The molecule has 9 nitrogen and oxygen atoms in total. The van der Waals surface area contributed by atoms with Gasteiger partial charge in [-0.3, -0.25) is 25.0 Å². The fraction of sp³-hybridized carbons (Fsp3) is 0.192. The lowest BCUT2D eigenvalue weighted by molar-refractivity contribution is -0.384. The Morgan fingerprint density at radius 3 is 2.50 bits per heavy atom. The normalized spacial score (nSPS) is 22.6. The Balaban J connectivity index is 1.59. The lowest BCUT2D eigenvalue weighted by Gasteiger charge is -2.54. The van der Waals surface area contributed by atoms with Crippen LogP contribution in [-0.4, -0.2) is 29.3 Å². The van der Waals surface area contributed by atoms with E-state index in [1.807, 2.05) is 29.2 Å². The predicted molar refractivity (Wildman–Crippen MR) is 132 cm³/mol. The van der Waals surface area contributed by atoms with E-state index < -0.39 is 34.2 Å². The van der Waals surface area contributed by atoms with E-state index in [1.54, 1.807) is 18.2 Å². The zero-order chi connectivity index (χ0) is 25.2. The van der Waals surface area contributed by atoms with E-state index in [-0.39, 0.29) is 17.8 Å². The fourth-order valence-electron chi connectivity index (χ4n) is 5.74. The molecule has 3 aliphatic heterocycles. The summed E-state index contributed by atoms with van der Waals surface area (Å²) in [5, 5.41) is 14.3. The standard InChI is InChI=1S/C26H19ClN4O5/c27-17-5-7-18(8-6-17)30-24(33)26(23(32)28-25(30)34)14-16-13-19(31(35)36)9-10-21(16)29-12-11-15-3-1-2-4-20(15)22(26)29/h1-10,13,22H,11-12,14H2,(H,28,32,34). The molecule has 1 N–H and O–H groups in total. The lowest BCUT2D eigenvalue weighted by atomic mass is 9.64. The quantitative estimate of drug-likeness (QED) is 0.319. The van der Waals surface area contributed by atoms with Crippen molar-refractivity contribution >= 4 is 46.5 Å². The van der Waals surface area contributed by atoms with Gasteiger partial charge in [-0.15, -0.1) is 0 Å². The van der Waals surface area contributed by atoms with Crippen LogP contribution in [0.15, 0.2) is 66.7 Å². The molecule has 2 atom stereocenters. The summed E-state index contributed by atoms with van der Waals surface area (Å²) in [5.74, 6) is -1.39. The molecule has 1 saturated heterocycles. The number of barbiturate groups is 1. The van der Waals surface area contributed by atoms with Gasteiger partial charge in [0.25, 0.3) is 11.6 Å². The largest absolute Gasteiger partial charge is 0.362 e. The van der Waals surface area contributed by atoms with Crippen molar-refractivity contribution in [2.45, 2.75) is 18.9 Å². The number of fused-ring (bicyclic) bond motifs is 6. The number of carbonyl (C=O) groups excluding carboxylic acids is 3. The average Bonchev–Trinajstić information content (AvgIpc) is 2.87. The molecular formula is C26H19ClN4O5. The van der Waals surface area contributed by atoms with Crippen molar-refractivity contribution in [3.05, 3.63) is 98.6 Å². The minimum absolute atomic E-state index is 0.0957. The summed E-state index contributed by atoms with van der Waals surface area (Å²) in [6.07, 6.45) is 0.580. The van der Waals surface area contributed by atoms with Crippen LogP contribution in [0.4, 0.5) is 21.9 Å². The highest BCUT2D eigenvalue weighted by atomic mass is 35.5. The summed E-state index contributed by atoms with van der Waals surface area (Å²) >= 11 is 6.01. The maximum atomic E-state index is 14.4. The number of benzene rings is 3. The summed E-state index contributed by atoms with van der Waals surface area (Å²) in [4.78, 5) is 55.0. The Kier molecular flexibility index (Phi) is 4.87. The SMILES string of the molecule is O=C1NC(=O)C2(Cc3cc([N+](=O)[O-])ccc3N3CCc4ccccc4C32)C(=O)N1c1ccc(Cl)cc1. The minimum Gasteiger partial charge on any atom is -0.362 e. The van der Waals surface area contributed by atoms with E-state index in [9.17, 15) is 24.5 Å². The Morgan fingerprint density at radius 2 is 1.75 bits per heavy atom. The van der Waals surface area contributed by atoms with E-state index in [0.29, 0.717) is 23.6 Å². The topological polar surface area (TPSA) is 113 Å². The van der Waals surface area contributed by atoms with Crippen LogP contribution >= 0.6 is 11.6 Å². The third-order valence-electron chi connectivity index (χ3n) is 7.30. The summed E-state index contributed by atoms with van der Waals surface area (Å²) < 4.78 is 0. The van der Waals surface area contributed by atoms with Crippen molar-refractivity contribution in [1.82, 2.24) is 5.32 Å². The first kappa shape index (κ1) is 22.2. The number of non-ortho nitro benzene ring substituents is 1. The number of nitro benzene ring substituents is 1. The molecule has 0 bridgehead atoms. The zero-order valence-corrected chi connectivity index (χ0v) is 19.6. The van der Waals surface area contributed by atoms with Gasteiger partial charge in [0.1, 0.15) is 0 Å². The second kappa shape index (κ2) is 7.89. The number of imide groups is 2. The van der Waals surface area contributed by atoms with Gasteiger partial charge < -0.3 is 4.90 Å². The molecule has 6 rings (SSSR count). The fourth-order valence-corrected chi connectivity index (χ4v) is 5.86. The van der Waals surface area contributed by atoms with Crippen LogP contribution < -0.4 is 15.1 Å². The molecule has 2 unspecified atom stereocenters. The number of nitro groups is 1. The number of carbonyl (C=O) groups is 3. The molecule has 3 heterocycles. The minimum atomic E-state index is -1.73. The maximum Gasteiger partial charge on any atom is 0.335 e. The van der Waals surface area contributed by atoms with E-state index in [2.05, 4.69) is 5.32 Å². The Hall–Kier alpha value is -4.24. The molecule has 10 heteroatoms. The molecule has 0 saturated carbocycles. The lowest BCUT2D eigenvalue weighted by Crippen LogP contribution is -2.70. The number of nitrogens with one attached hydrogen (secondary N) is 1. The second-order valence-corrected chi connectivity index (χ2v) is 9.58. The van der Waals surface area contributed by atoms with Crippen molar-refractivity contribution in [1.29, 1.82) is 0 Å². The molecule has 3 aliphatic rings. The van der Waals surface area contributed by atoms with E-state index in [4.69, 9.17) is 11.6 Å². The van der Waals surface area contributed by atoms with Crippen molar-refractivity contribution in [3.8, 4) is 0 Å². The molecule has 1 fully saturated rings. The Bertz CT molecular complexity index is 1470. The van der Waals surface area contributed by atoms with Gasteiger partial charge in [0.05, 0.1) is 16.7 Å². The van der Waals surface area contributed by atoms with Gasteiger partial charge in [0, 0.05) is 35.8 Å². The van der Waals surface area contributed by atoms with E-state index in [0.717, 1.165) is 21.7 Å². The Morgan fingerprint density at radius 1 is 1.00 bits per heavy atom. The maximum absolute atomic E-state index is 14.4. The van der Waals surface area contributed by atoms with Crippen LogP contribution in [-0.2, 0) is 22.4 Å². The molecule has 180 valence electrons.